The molecule has 94 valence electrons. The van der Waals surface area contributed by atoms with Gasteiger partial charge in [0.1, 0.15) is 0 Å². The van der Waals surface area contributed by atoms with Crippen LogP contribution >= 0.6 is 32.5 Å². The highest BCUT2D eigenvalue weighted by Gasteiger charge is 2.27. The smallest absolute Gasteiger partial charge is 0.00220 e. The van der Waals surface area contributed by atoms with E-state index in [9.17, 15) is 0 Å². The van der Waals surface area contributed by atoms with Gasteiger partial charge in [-0.25, -0.2) is 0 Å². The predicted octanol–water partition coefficient (Wildman–Crippen LogP) is 4.99. The van der Waals surface area contributed by atoms with Crippen LogP contribution in [0.25, 0.3) is 0 Å². The van der Waals surface area contributed by atoms with Gasteiger partial charge in [-0.05, 0) is 35.9 Å². The fraction of sp³-hybridized carbons (Fsp3) is 1.00. The summed E-state index contributed by atoms with van der Waals surface area (Å²) in [5.74, 6) is 2.39. The Hall–Kier alpha value is 1.05. The van der Waals surface area contributed by atoms with E-state index in [1.54, 1.807) is 0 Å². The highest BCUT2D eigenvalue weighted by molar-refractivity contribution is 8.94. The number of unbranched alkanes of at least 4 members (excludes halogenated alkanes) is 3. The first-order chi connectivity index (χ1) is 6.81. The van der Waals surface area contributed by atoms with Crippen LogP contribution in [-0.2, 0) is 0 Å². The minimum Gasteiger partial charge on any atom is -0.194 e. The predicted molar refractivity (Wildman–Crippen MR) is 84.0 cm³/mol. The third-order valence-electron chi connectivity index (χ3n) is 2.91. The zero-order valence-corrected chi connectivity index (χ0v) is 13.5. The van der Waals surface area contributed by atoms with Crippen LogP contribution in [0.3, 0.4) is 0 Å². The summed E-state index contributed by atoms with van der Waals surface area (Å²) < 4.78 is 0.475. The Balaban J connectivity index is 3.58. The van der Waals surface area contributed by atoms with Crippen molar-refractivity contribution in [1.29, 1.82) is 0 Å². The summed E-state index contributed by atoms with van der Waals surface area (Å²) in [5, 5.41) is 0. The number of thiol groups is 1. The second kappa shape index (κ2) is 7.39. The molecule has 0 aromatic rings. The lowest BCUT2D eigenvalue weighted by atomic mass is 10.2. The highest BCUT2D eigenvalue weighted by Crippen LogP contribution is 2.63. The van der Waals surface area contributed by atoms with Gasteiger partial charge in [0.05, 0.1) is 0 Å². The van der Waals surface area contributed by atoms with Crippen LogP contribution in [0.4, 0.5) is 0 Å². The van der Waals surface area contributed by atoms with Gasteiger partial charge in [0.25, 0.3) is 0 Å². The third-order valence-corrected chi connectivity index (χ3v) is 11.0. The average molecular weight is 269 g/mol. The molecular weight excluding hydrogens is 240 g/mol. The molecule has 0 atom stereocenters. The lowest BCUT2D eigenvalue weighted by molar-refractivity contribution is 0.712. The molecule has 0 rings (SSSR count). The van der Waals surface area contributed by atoms with Crippen molar-refractivity contribution < 1.29 is 0 Å². The highest BCUT2D eigenvalue weighted by atomic mass is 33.2. The maximum absolute atomic E-state index is 4.23. The molecule has 0 unspecified atom stereocenters. The molecule has 0 amide bonds. The number of rotatable bonds is 7. The molecule has 0 aromatic carbocycles. The van der Waals surface area contributed by atoms with Gasteiger partial charge in [-0.15, -0.1) is 10.8 Å². The molecule has 3 heteroatoms. The molecule has 0 aromatic heterocycles. The number of hydrogen-bond donors (Lipinski definition) is 1. The summed E-state index contributed by atoms with van der Waals surface area (Å²) in [6.07, 6.45) is 10.3. The van der Waals surface area contributed by atoms with Crippen molar-refractivity contribution in [3.8, 4) is 0 Å². The van der Waals surface area contributed by atoms with Gasteiger partial charge in [-0.1, -0.05) is 33.6 Å². The summed E-state index contributed by atoms with van der Waals surface area (Å²) in [5.41, 5.74) is 0. The summed E-state index contributed by atoms with van der Waals surface area (Å²) in [4.78, 5) is 0. The van der Waals surface area contributed by atoms with Crippen LogP contribution in [-0.4, -0.2) is 28.8 Å². The van der Waals surface area contributed by atoms with Gasteiger partial charge >= 0.3 is 0 Å². The monoisotopic (exact) mass is 268 g/mol. The van der Waals surface area contributed by atoms with Gasteiger partial charge in [0.15, 0.2) is 0 Å². The molecular formula is C12H28S3. The van der Waals surface area contributed by atoms with Crippen LogP contribution in [0, 0.1) is 0 Å². The first-order valence-electron chi connectivity index (χ1n) is 5.79. The largest absolute Gasteiger partial charge is 0.194 e. The summed E-state index contributed by atoms with van der Waals surface area (Å²) in [7, 11) is 1.72. The van der Waals surface area contributed by atoms with Gasteiger partial charge in [0, 0.05) is 5.75 Å². The fourth-order valence-electron chi connectivity index (χ4n) is 1.01. The molecule has 0 spiro atoms. The maximum atomic E-state index is 4.23. The first kappa shape index (κ1) is 16.1. The maximum Gasteiger partial charge on any atom is 0.00220 e. The van der Waals surface area contributed by atoms with Crippen LogP contribution in [0.2, 0.25) is 0 Å². The van der Waals surface area contributed by atoms with Crippen molar-refractivity contribution >= 4 is 32.5 Å². The Kier molecular flexibility index (Phi) is 7.91. The van der Waals surface area contributed by atoms with Gasteiger partial charge in [-0.2, -0.15) is 21.7 Å². The summed E-state index contributed by atoms with van der Waals surface area (Å²) >= 11 is 4.23. The van der Waals surface area contributed by atoms with E-state index < -0.39 is 9.06 Å². The van der Waals surface area contributed by atoms with E-state index in [0.717, 1.165) is 5.75 Å². The third kappa shape index (κ3) is 7.06. The van der Waals surface area contributed by atoms with Gasteiger partial charge in [0.2, 0.25) is 0 Å². The van der Waals surface area contributed by atoms with Crippen molar-refractivity contribution in [2.24, 2.45) is 0 Å². The summed E-state index contributed by atoms with van der Waals surface area (Å²) in [6, 6.07) is 0. The molecule has 15 heavy (non-hydrogen) atoms. The van der Waals surface area contributed by atoms with E-state index in [1.165, 1.54) is 31.4 Å². The first-order valence-corrected chi connectivity index (χ1v) is 10.4. The normalized spacial score (nSPS) is 14.3. The molecule has 0 N–H and O–H groups in total. The van der Waals surface area contributed by atoms with Crippen LogP contribution in [0.15, 0.2) is 0 Å². The molecule has 0 aliphatic rings. The summed E-state index contributed by atoms with van der Waals surface area (Å²) in [6.45, 7) is 7.11. The van der Waals surface area contributed by atoms with E-state index in [1.807, 2.05) is 0 Å². The zero-order chi connectivity index (χ0) is 11.9. The second-order valence-corrected chi connectivity index (χ2v) is 13.3. The quantitative estimate of drug-likeness (QED) is 0.386. The van der Waals surface area contributed by atoms with E-state index >= 15 is 0 Å². The Morgan fingerprint density at radius 2 is 1.53 bits per heavy atom. The van der Waals surface area contributed by atoms with Gasteiger partial charge in [-0.3, -0.25) is 0 Å². The Labute approximate surface area is 107 Å². The van der Waals surface area contributed by atoms with Crippen molar-refractivity contribution in [3.05, 3.63) is 0 Å². The number of hydrogen-bond acceptors (Lipinski definition) is 2. The molecule has 0 bridgehead atoms. The molecule has 0 fully saturated rings. The molecule has 0 aliphatic carbocycles. The topological polar surface area (TPSA) is 0 Å². The van der Waals surface area contributed by atoms with E-state index in [-0.39, 0.29) is 0 Å². The van der Waals surface area contributed by atoms with E-state index in [4.69, 9.17) is 0 Å². The molecule has 0 heterocycles. The van der Waals surface area contributed by atoms with E-state index in [0.29, 0.717) is 4.75 Å². The molecule has 0 saturated carbocycles. The fourth-order valence-corrected chi connectivity index (χ4v) is 4.99. The van der Waals surface area contributed by atoms with Crippen LogP contribution < -0.4 is 0 Å². The average Bonchev–Trinajstić information content (AvgIpc) is 2.09. The van der Waals surface area contributed by atoms with Crippen molar-refractivity contribution in [1.82, 2.24) is 0 Å². The van der Waals surface area contributed by atoms with Gasteiger partial charge < -0.3 is 0 Å². The minimum absolute atomic E-state index is 0.475. The molecule has 0 saturated heterocycles. The standard InChI is InChI=1S/C12H28S3/c1-12(2,3)15(4,5)14-11-9-7-6-8-10-13/h13H,6-11H2,1-5H3. The SMILES string of the molecule is CC(C)(C)S(C)(C)SCCCCCCS. The Morgan fingerprint density at radius 3 is 2.00 bits per heavy atom. The molecule has 0 nitrogen and oxygen atoms in total. The van der Waals surface area contributed by atoms with Crippen molar-refractivity contribution in [2.45, 2.75) is 51.2 Å². The second-order valence-electron chi connectivity index (χ2n) is 5.31. The lowest BCUT2D eigenvalue weighted by Crippen LogP contribution is -2.20. The van der Waals surface area contributed by atoms with E-state index in [2.05, 4.69) is 56.7 Å². The van der Waals surface area contributed by atoms with Crippen molar-refractivity contribution in [3.63, 3.8) is 0 Å². The van der Waals surface area contributed by atoms with Crippen LogP contribution in [0.5, 0.6) is 0 Å². The minimum atomic E-state index is -0.489. The molecule has 0 radical (unpaired) electrons. The zero-order valence-electron chi connectivity index (χ0n) is 11.0. The lowest BCUT2D eigenvalue weighted by Gasteiger charge is -2.43. The molecule has 0 aliphatic heterocycles. The Morgan fingerprint density at radius 1 is 1.00 bits per heavy atom. The van der Waals surface area contributed by atoms with Crippen molar-refractivity contribution in [2.75, 3.05) is 24.0 Å². The Bertz CT molecular complexity index is 159. The van der Waals surface area contributed by atoms with Crippen LogP contribution in [0.1, 0.15) is 46.5 Å².